The summed E-state index contributed by atoms with van der Waals surface area (Å²) in [5, 5.41) is 4.41. The molecular weight excluding hydrogens is 224 g/mol. The SMILES string of the molecule is CC(=O)Oc1ccc2onc(OCCN)c2c1. The van der Waals surface area contributed by atoms with Gasteiger partial charge in [0.2, 0.25) is 0 Å². The summed E-state index contributed by atoms with van der Waals surface area (Å²) in [6.45, 7) is 2.07. The third-order valence-electron chi connectivity index (χ3n) is 2.03. The van der Waals surface area contributed by atoms with E-state index in [1.807, 2.05) is 0 Å². The molecule has 0 saturated heterocycles. The monoisotopic (exact) mass is 236 g/mol. The standard InChI is InChI=1S/C11H12N2O4/c1-7(14)16-8-2-3-10-9(6-8)11(13-17-10)15-5-4-12/h2-3,6H,4-5,12H2,1H3. The molecule has 0 unspecified atom stereocenters. The van der Waals surface area contributed by atoms with Crippen molar-refractivity contribution in [2.45, 2.75) is 6.92 Å². The van der Waals surface area contributed by atoms with Crippen LogP contribution in [0.3, 0.4) is 0 Å². The number of nitrogens with two attached hydrogens (primary N) is 1. The smallest absolute Gasteiger partial charge is 0.308 e. The lowest BCUT2D eigenvalue weighted by atomic mass is 10.2. The molecule has 0 bridgehead atoms. The van der Waals surface area contributed by atoms with Crippen LogP contribution in [-0.4, -0.2) is 24.3 Å². The summed E-state index contributed by atoms with van der Waals surface area (Å²) in [6.07, 6.45) is 0. The third-order valence-corrected chi connectivity index (χ3v) is 2.03. The summed E-state index contributed by atoms with van der Waals surface area (Å²) in [4.78, 5) is 10.8. The van der Waals surface area contributed by atoms with Crippen molar-refractivity contribution in [3.05, 3.63) is 18.2 Å². The highest BCUT2D eigenvalue weighted by Gasteiger charge is 2.11. The van der Waals surface area contributed by atoms with E-state index >= 15 is 0 Å². The Kier molecular flexibility index (Phi) is 3.24. The predicted octanol–water partition coefficient (Wildman–Crippen LogP) is 1.09. The first-order chi connectivity index (χ1) is 8.20. The van der Waals surface area contributed by atoms with E-state index < -0.39 is 0 Å². The molecule has 0 aliphatic heterocycles. The number of rotatable bonds is 4. The second kappa shape index (κ2) is 4.84. The minimum Gasteiger partial charge on any atom is -0.474 e. The van der Waals surface area contributed by atoms with E-state index in [1.165, 1.54) is 6.92 Å². The van der Waals surface area contributed by atoms with Crippen LogP contribution in [0.4, 0.5) is 0 Å². The van der Waals surface area contributed by atoms with Gasteiger partial charge in [-0.1, -0.05) is 0 Å². The summed E-state index contributed by atoms with van der Waals surface area (Å²) in [5.41, 5.74) is 5.90. The number of benzene rings is 1. The van der Waals surface area contributed by atoms with Gasteiger partial charge in [-0.3, -0.25) is 4.79 Å². The van der Waals surface area contributed by atoms with E-state index in [-0.39, 0.29) is 5.97 Å². The zero-order valence-electron chi connectivity index (χ0n) is 9.30. The lowest BCUT2D eigenvalue weighted by molar-refractivity contribution is -0.131. The topological polar surface area (TPSA) is 87.6 Å². The molecule has 6 nitrogen and oxygen atoms in total. The number of carbonyl (C=O) groups is 1. The Morgan fingerprint density at radius 3 is 3.06 bits per heavy atom. The first-order valence-electron chi connectivity index (χ1n) is 5.11. The number of aromatic nitrogens is 1. The maximum Gasteiger partial charge on any atom is 0.308 e. The number of esters is 1. The summed E-state index contributed by atoms with van der Waals surface area (Å²) in [6, 6.07) is 4.93. The summed E-state index contributed by atoms with van der Waals surface area (Å²) < 4.78 is 15.3. The minimum absolute atomic E-state index is 0.347. The molecular formula is C11H12N2O4. The molecule has 2 aromatic rings. The van der Waals surface area contributed by atoms with Crippen molar-refractivity contribution in [3.63, 3.8) is 0 Å². The van der Waals surface area contributed by atoms with E-state index in [2.05, 4.69) is 5.16 Å². The van der Waals surface area contributed by atoms with Crippen molar-refractivity contribution in [3.8, 4) is 11.6 Å². The molecule has 1 aromatic heterocycles. The summed E-state index contributed by atoms with van der Waals surface area (Å²) in [7, 11) is 0. The molecule has 0 aliphatic rings. The number of ether oxygens (including phenoxy) is 2. The Morgan fingerprint density at radius 2 is 2.35 bits per heavy atom. The van der Waals surface area contributed by atoms with Crippen LogP contribution < -0.4 is 15.2 Å². The van der Waals surface area contributed by atoms with Gasteiger partial charge in [-0.25, -0.2) is 0 Å². The van der Waals surface area contributed by atoms with Gasteiger partial charge in [-0.15, -0.1) is 0 Å². The highest BCUT2D eigenvalue weighted by Crippen LogP contribution is 2.28. The number of hydrogen-bond donors (Lipinski definition) is 1. The van der Waals surface area contributed by atoms with Crippen LogP contribution in [0.5, 0.6) is 11.6 Å². The largest absolute Gasteiger partial charge is 0.474 e. The van der Waals surface area contributed by atoms with Crippen LogP contribution in [0, 0.1) is 0 Å². The van der Waals surface area contributed by atoms with Crippen molar-refractivity contribution in [1.82, 2.24) is 5.16 Å². The minimum atomic E-state index is -0.384. The second-order valence-electron chi connectivity index (χ2n) is 3.38. The summed E-state index contributed by atoms with van der Waals surface area (Å²) in [5.74, 6) is 0.385. The average Bonchev–Trinajstić information content (AvgIpc) is 2.68. The molecule has 0 aliphatic carbocycles. The Hall–Kier alpha value is -2.08. The van der Waals surface area contributed by atoms with Gasteiger partial charge in [0, 0.05) is 13.5 Å². The molecule has 17 heavy (non-hydrogen) atoms. The predicted molar refractivity (Wildman–Crippen MR) is 59.9 cm³/mol. The molecule has 0 atom stereocenters. The maximum absolute atomic E-state index is 10.8. The highest BCUT2D eigenvalue weighted by atomic mass is 16.5. The fraction of sp³-hybridized carbons (Fsp3) is 0.273. The molecule has 0 fully saturated rings. The normalized spacial score (nSPS) is 10.5. The quantitative estimate of drug-likeness (QED) is 0.631. The van der Waals surface area contributed by atoms with Gasteiger partial charge in [-0.05, 0) is 23.4 Å². The number of nitrogens with zero attached hydrogens (tertiary/aromatic N) is 1. The van der Waals surface area contributed by atoms with Crippen LogP contribution in [0.2, 0.25) is 0 Å². The molecule has 0 spiro atoms. The van der Waals surface area contributed by atoms with Crippen LogP contribution in [0.1, 0.15) is 6.92 Å². The van der Waals surface area contributed by atoms with Crippen LogP contribution >= 0.6 is 0 Å². The Bertz CT molecular complexity index is 535. The van der Waals surface area contributed by atoms with E-state index in [1.54, 1.807) is 18.2 Å². The van der Waals surface area contributed by atoms with Crippen molar-refractivity contribution >= 4 is 16.9 Å². The van der Waals surface area contributed by atoms with Gasteiger partial charge < -0.3 is 19.7 Å². The third kappa shape index (κ3) is 2.54. The van der Waals surface area contributed by atoms with Crippen molar-refractivity contribution in [1.29, 1.82) is 0 Å². The van der Waals surface area contributed by atoms with Crippen molar-refractivity contribution in [2.75, 3.05) is 13.2 Å². The van der Waals surface area contributed by atoms with Crippen molar-refractivity contribution in [2.24, 2.45) is 5.73 Å². The summed E-state index contributed by atoms with van der Waals surface area (Å²) >= 11 is 0. The first-order valence-corrected chi connectivity index (χ1v) is 5.11. The molecule has 0 radical (unpaired) electrons. The van der Waals surface area contributed by atoms with Gasteiger partial charge in [-0.2, -0.15) is 0 Å². The first kappa shape index (κ1) is 11.4. The zero-order chi connectivity index (χ0) is 12.3. The van der Waals surface area contributed by atoms with Crippen LogP contribution in [-0.2, 0) is 4.79 Å². The number of hydrogen-bond acceptors (Lipinski definition) is 6. The van der Waals surface area contributed by atoms with E-state index in [9.17, 15) is 4.79 Å². The van der Waals surface area contributed by atoms with Gasteiger partial charge in [0.05, 0.1) is 5.39 Å². The van der Waals surface area contributed by atoms with Gasteiger partial charge in [0.1, 0.15) is 12.4 Å². The lowest BCUT2D eigenvalue weighted by Crippen LogP contribution is -2.10. The van der Waals surface area contributed by atoms with Gasteiger partial charge in [0.15, 0.2) is 5.58 Å². The van der Waals surface area contributed by atoms with Crippen LogP contribution in [0.15, 0.2) is 22.7 Å². The van der Waals surface area contributed by atoms with Crippen molar-refractivity contribution < 1.29 is 18.8 Å². The molecule has 6 heteroatoms. The van der Waals surface area contributed by atoms with E-state index in [4.69, 9.17) is 19.7 Å². The average molecular weight is 236 g/mol. The molecule has 90 valence electrons. The molecule has 2 N–H and O–H groups in total. The van der Waals surface area contributed by atoms with Gasteiger partial charge in [0.25, 0.3) is 5.88 Å². The fourth-order valence-corrected chi connectivity index (χ4v) is 1.38. The second-order valence-corrected chi connectivity index (χ2v) is 3.38. The molecule has 1 aromatic carbocycles. The van der Waals surface area contributed by atoms with E-state index in [0.29, 0.717) is 35.8 Å². The molecule has 1 heterocycles. The van der Waals surface area contributed by atoms with E-state index in [0.717, 1.165) is 0 Å². The lowest BCUT2D eigenvalue weighted by Gasteiger charge is -2.01. The molecule has 0 amide bonds. The fourth-order valence-electron chi connectivity index (χ4n) is 1.38. The Morgan fingerprint density at radius 1 is 1.53 bits per heavy atom. The molecule has 2 rings (SSSR count). The van der Waals surface area contributed by atoms with Gasteiger partial charge >= 0.3 is 5.97 Å². The van der Waals surface area contributed by atoms with Crippen LogP contribution in [0.25, 0.3) is 11.0 Å². The molecule has 0 saturated carbocycles. The number of carbonyl (C=O) groups excluding carboxylic acids is 1. The Balaban J connectivity index is 2.32. The zero-order valence-corrected chi connectivity index (χ0v) is 9.30. The number of fused-ring (bicyclic) bond motifs is 1. The highest BCUT2D eigenvalue weighted by molar-refractivity contribution is 5.84. The maximum atomic E-state index is 10.8. The Labute approximate surface area is 97.3 Å².